The fourth-order valence-electron chi connectivity index (χ4n) is 3.13. The molecule has 0 heterocycles. The lowest BCUT2D eigenvalue weighted by Gasteiger charge is -2.31. The zero-order valence-corrected chi connectivity index (χ0v) is 10.7. The molecule has 2 atom stereocenters. The lowest BCUT2D eigenvalue weighted by atomic mass is 9.75. The molecule has 0 amide bonds. The second-order valence-electron chi connectivity index (χ2n) is 5.28. The quantitative estimate of drug-likeness (QED) is 0.706. The topological polar surface area (TPSA) is 17.1 Å². The highest BCUT2D eigenvalue weighted by atomic mass is 16.1. The summed E-state index contributed by atoms with van der Waals surface area (Å²) in [6, 6.07) is 8.11. The smallest absolute Gasteiger partial charge is 0.150 e. The molecule has 1 aromatic carbocycles. The third-order valence-electron chi connectivity index (χ3n) is 4.20. The minimum atomic E-state index is 0.782. The molecule has 0 aliphatic heterocycles. The summed E-state index contributed by atoms with van der Waals surface area (Å²) in [5, 5.41) is 0. The monoisotopic (exact) mass is 230 g/mol. The number of benzene rings is 1. The third kappa shape index (κ3) is 3.18. The second-order valence-corrected chi connectivity index (χ2v) is 5.28. The lowest BCUT2D eigenvalue weighted by molar-refractivity contribution is 0.112. The fourth-order valence-corrected chi connectivity index (χ4v) is 3.13. The molecule has 0 aromatic heterocycles. The van der Waals surface area contributed by atoms with E-state index >= 15 is 0 Å². The molecule has 92 valence electrons. The van der Waals surface area contributed by atoms with Crippen LogP contribution in [-0.4, -0.2) is 6.29 Å². The van der Waals surface area contributed by atoms with Gasteiger partial charge in [-0.05, 0) is 30.2 Å². The van der Waals surface area contributed by atoms with Crippen molar-refractivity contribution in [2.45, 2.75) is 45.4 Å². The van der Waals surface area contributed by atoms with Crippen molar-refractivity contribution in [1.82, 2.24) is 0 Å². The Bertz CT molecular complexity index is 352. The number of carbonyl (C=O) groups is 1. The molecule has 0 N–H and O–H groups in total. The van der Waals surface area contributed by atoms with Crippen LogP contribution in [0.3, 0.4) is 0 Å². The molecule has 1 aromatic rings. The van der Waals surface area contributed by atoms with E-state index in [0.717, 1.165) is 23.7 Å². The molecule has 2 unspecified atom stereocenters. The van der Waals surface area contributed by atoms with Gasteiger partial charge in [0.1, 0.15) is 6.29 Å². The molecule has 1 nitrogen and oxygen atoms in total. The maximum absolute atomic E-state index is 10.6. The Hall–Kier alpha value is -1.11. The molecule has 0 saturated heterocycles. The summed E-state index contributed by atoms with van der Waals surface area (Å²) >= 11 is 0. The summed E-state index contributed by atoms with van der Waals surface area (Å²) in [5.41, 5.74) is 2.17. The first-order valence-corrected chi connectivity index (χ1v) is 6.87. The number of aldehydes is 1. The molecule has 1 aliphatic carbocycles. The average Bonchev–Trinajstić information content (AvgIpc) is 2.40. The maximum Gasteiger partial charge on any atom is 0.150 e. The van der Waals surface area contributed by atoms with Crippen LogP contribution >= 0.6 is 0 Å². The molecular weight excluding hydrogens is 208 g/mol. The summed E-state index contributed by atoms with van der Waals surface area (Å²) in [5.74, 6) is 1.77. The predicted octanol–water partition coefficient (Wildman–Crippen LogP) is 4.26. The fraction of sp³-hybridized carbons (Fsp3) is 0.562. The van der Waals surface area contributed by atoms with Gasteiger partial charge in [0, 0.05) is 5.56 Å². The van der Waals surface area contributed by atoms with Crippen LogP contribution in [0.2, 0.25) is 0 Å². The van der Waals surface area contributed by atoms with Gasteiger partial charge in [0.15, 0.2) is 0 Å². The predicted molar refractivity (Wildman–Crippen MR) is 71.3 cm³/mol. The van der Waals surface area contributed by atoms with Crippen molar-refractivity contribution in [3.05, 3.63) is 35.4 Å². The van der Waals surface area contributed by atoms with Crippen LogP contribution in [0.25, 0.3) is 0 Å². The van der Waals surface area contributed by atoms with Crippen molar-refractivity contribution in [1.29, 1.82) is 0 Å². The standard InChI is InChI=1S/C16H22O/c1-2-15-5-3-4-6-16(15)11-13-7-9-14(12-17)10-8-13/h7-10,12,15-16H,2-6,11H2,1H3. The minimum absolute atomic E-state index is 0.782. The molecule has 0 radical (unpaired) electrons. The van der Waals surface area contributed by atoms with E-state index in [-0.39, 0.29) is 0 Å². The van der Waals surface area contributed by atoms with Gasteiger partial charge < -0.3 is 0 Å². The van der Waals surface area contributed by atoms with E-state index in [1.54, 1.807) is 0 Å². The highest BCUT2D eigenvalue weighted by molar-refractivity contribution is 5.74. The Labute approximate surface area is 104 Å². The maximum atomic E-state index is 10.6. The number of carbonyl (C=O) groups excluding carboxylic acids is 1. The van der Waals surface area contributed by atoms with Gasteiger partial charge in [-0.1, -0.05) is 56.9 Å². The first-order valence-electron chi connectivity index (χ1n) is 6.87. The first-order chi connectivity index (χ1) is 8.33. The van der Waals surface area contributed by atoms with Crippen molar-refractivity contribution < 1.29 is 4.79 Å². The van der Waals surface area contributed by atoms with E-state index in [2.05, 4.69) is 19.1 Å². The molecule has 2 rings (SSSR count). The van der Waals surface area contributed by atoms with E-state index in [1.807, 2.05) is 12.1 Å². The van der Waals surface area contributed by atoms with Crippen LogP contribution in [-0.2, 0) is 6.42 Å². The average molecular weight is 230 g/mol. The van der Waals surface area contributed by atoms with Gasteiger partial charge in [-0.25, -0.2) is 0 Å². The van der Waals surface area contributed by atoms with Crippen molar-refractivity contribution in [3.8, 4) is 0 Å². The van der Waals surface area contributed by atoms with Gasteiger partial charge in [-0.2, -0.15) is 0 Å². The van der Waals surface area contributed by atoms with Crippen LogP contribution in [0.5, 0.6) is 0 Å². The number of hydrogen-bond donors (Lipinski definition) is 0. The van der Waals surface area contributed by atoms with E-state index in [1.165, 1.54) is 44.1 Å². The summed E-state index contributed by atoms with van der Waals surface area (Å²) in [6.07, 6.45) is 9.03. The van der Waals surface area contributed by atoms with Gasteiger partial charge in [0.05, 0.1) is 0 Å². The Kier molecular flexibility index (Phi) is 4.36. The van der Waals surface area contributed by atoms with Crippen molar-refractivity contribution in [3.63, 3.8) is 0 Å². The minimum Gasteiger partial charge on any atom is -0.298 e. The number of rotatable bonds is 4. The molecule has 1 saturated carbocycles. The lowest BCUT2D eigenvalue weighted by Crippen LogP contribution is -2.20. The zero-order chi connectivity index (χ0) is 12.1. The molecule has 0 spiro atoms. The highest BCUT2D eigenvalue weighted by Gasteiger charge is 2.23. The van der Waals surface area contributed by atoms with E-state index < -0.39 is 0 Å². The van der Waals surface area contributed by atoms with Crippen LogP contribution in [0, 0.1) is 11.8 Å². The van der Waals surface area contributed by atoms with E-state index in [9.17, 15) is 4.79 Å². The molecule has 1 fully saturated rings. The Morgan fingerprint density at radius 2 is 1.76 bits per heavy atom. The van der Waals surface area contributed by atoms with Crippen LogP contribution in [0.1, 0.15) is 54.9 Å². The highest BCUT2D eigenvalue weighted by Crippen LogP contribution is 2.34. The molecular formula is C16H22O. The number of hydrogen-bond acceptors (Lipinski definition) is 1. The van der Waals surface area contributed by atoms with Gasteiger partial charge in [-0.15, -0.1) is 0 Å². The third-order valence-corrected chi connectivity index (χ3v) is 4.20. The zero-order valence-electron chi connectivity index (χ0n) is 10.7. The Balaban J connectivity index is 2.00. The summed E-state index contributed by atoms with van der Waals surface area (Å²) in [6.45, 7) is 2.32. The second kappa shape index (κ2) is 6.00. The van der Waals surface area contributed by atoms with Gasteiger partial charge in [0.25, 0.3) is 0 Å². The van der Waals surface area contributed by atoms with E-state index in [0.29, 0.717) is 0 Å². The normalized spacial score (nSPS) is 24.5. The van der Waals surface area contributed by atoms with Gasteiger partial charge >= 0.3 is 0 Å². The molecule has 1 heteroatoms. The Morgan fingerprint density at radius 3 is 2.35 bits per heavy atom. The van der Waals surface area contributed by atoms with Gasteiger partial charge in [-0.3, -0.25) is 4.79 Å². The van der Waals surface area contributed by atoms with Crippen molar-refractivity contribution in [2.75, 3.05) is 0 Å². The van der Waals surface area contributed by atoms with E-state index in [4.69, 9.17) is 0 Å². The van der Waals surface area contributed by atoms with Crippen LogP contribution < -0.4 is 0 Å². The first kappa shape index (κ1) is 12.3. The Morgan fingerprint density at radius 1 is 1.12 bits per heavy atom. The van der Waals surface area contributed by atoms with Crippen LogP contribution in [0.4, 0.5) is 0 Å². The van der Waals surface area contributed by atoms with Crippen molar-refractivity contribution in [2.24, 2.45) is 11.8 Å². The molecule has 1 aliphatic rings. The summed E-state index contributed by atoms with van der Waals surface area (Å²) < 4.78 is 0. The summed E-state index contributed by atoms with van der Waals surface area (Å²) in [4.78, 5) is 10.6. The molecule has 0 bridgehead atoms. The van der Waals surface area contributed by atoms with Crippen molar-refractivity contribution >= 4 is 6.29 Å². The molecule has 17 heavy (non-hydrogen) atoms. The SMILES string of the molecule is CCC1CCCCC1Cc1ccc(C=O)cc1. The summed E-state index contributed by atoms with van der Waals surface area (Å²) in [7, 11) is 0. The van der Waals surface area contributed by atoms with Gasteiger partial charge in [0.2, 0.25) is 0 Å². The largest absolute Gasteiger partial charge is 0.298 e. The van der Waals surface area contributed by atoms with Crippen LogP contribution in [0.15, 0.2) is 24.3 Å².